The summed E-state index contributed by atoms with van der Waals surface area (Å²) < 4.78 is 2.40. The number of hydrogen-bond donors (Lipinski definition) is 1. The summed E-state index contributed by atoms with van der Waals surface area (Å²) in [5.41, 5.74) is 15.3. The molecule has 0 amide bonds. The van der Waals surface area contributed by atoms with E-state index in [0.29, 0.717) is 0 Å². The van der Waals surface area contributed by atoms with Gasteiger partial charge in [0.1, 0.15) is 0 Å². The fourth-order valence-corrected chi connectivity index (χ4v) is 8.12. The van der Waals surface area contributed by atoms with E-state index in [2.05, 4.69) is 126 Å². The van der Waals surface area contributed by atoms with Crippen molar-refractivity contribution in [2.75, 3.05) is 0 Å². The van der Waals surface area contributed by atoms with Crippen LogP contribution in [0.2, 0.25) is 0 Å². The summed E-state index contributed by atoms with van der Waals surface area (Å²) in [5.74, 6) is 1.52. The molecule has 2 heterocycles. The van der Waals surface area contributed by atoms with Gasteiger partial charge >= 0.3 is 0 Å². The van der Waals surface area contributed by atoms with E-state index in [4.69, 9.17) is 4.98 Å². The Balaban J connectivity index is 0.000000335. The zero-order valence-corrected chi connectivity index (χ0v) is 36.2. The van der Waals surface area contributed by atoms with Crippen molar-refractivity contribution >= 4 is 39.9 Å². The monoisotopic (exact) mass is 886 g/mol. The van der Waals surface area contributed by atoms with Gasteiger partial charge in [-0.3, -0.25) is 9.78 Å². The average molecular weight is 886 g/mol. The van der Waals surface area contributed by atoms with Crippen LogP contribution in [0.15, 0.2) is 78.6 Å². The van der Waals surface area contributed by atoms with E-state index in [9.17, 15) is 9.90 Å². The molecule has 0 fully saturated rings. The molecule has 5 aromatic rings. The van der Waals surface area contributed by atoms with Crippen LogP contribution in [0.5, 0.6) is 0 Å². The molecule has 6 rings (SSSR count). The van der Waals surface area contributed by atoms with Crippen LogP contribution in [-0.4, -0.2) is 27.2 Å². The number of rotatable bonds is 10. The van der Waals surface area contributed by atoms with Crippen molar-refractivity contribution in [3.05, 3.63) is 112 Å². The number of allylic oxidation sites excluding steroid dienone is 2. The van der Waals surface area contributed by atoms with Crippen LogP contribution in [0.1, 0.15) is 102 Å². The summed E-state index contributed by atoms with van der Waals surface area (Å²) in [6.45, 7) is 24.0. The number of carbonyl (C=O) groups is 1. The van der Waals surface area contributed by atoms with Crippen molar-refractivity contribution in [3.63, 3.8) is 0 Å². The van der Waals surface area contributed by atoms with Crippen molar-refractivity contribution in [1.82, 2.24) is 9.55 Å². The second-order valence-corrected chi connectivity index (χ2v) is 16.1. The Kier molecular flexibility index (Phi) is 14.0. The van der Waals surface area contributed by atoms with E-state index >= 15 is 0 Å². The molecule has 1 radical (unpaired) electrons. The number of nitrogens with zero attached hydrogens (tertiary/aromatic N) is 2. The molecule has 0 bridgehead atoms. The molecule has 1 N–H and O–H groups in total. The molecule has 0 unspecified atom stereocenters. The van der Waals surface area contributed by atoms with Gasteiger partial charge in [0, 0.05) is 43.7 Å². The molecule has 0 spiro atoms. The van der Waals surface area contributed by atoms with Crippen LogP contribution in [0.4, 0.5) is 0 Å². The number of aryl methyl sites for hydroxylation is 4. The number of hydrogen-bond acceptors (Lipinski definition) is 3. The molecular weight excluding hydrogens is 828 g/mol. The van der Waals surface area contributed by atoms with Gasteiger partial charge in [-0.15, -0.1) is 34.9 Å². The van der Waals surface area contributed by atoms with Gasteiger partial charge in [-0.25, -0.2) is 0 Å². The number of ketones is 1. The van der Waals surface area contributed by atoms with Crippen molar-refractivity contribution in [2.45, 2.75) is 108 Å². The molecule has 4 aromatic carbocycles. The van der Waals surface area contributed by atoms with Crippen molar-refractivity contribution in [3.8, 4) is 17.1 Å². The molecule has 1 aromatic heterocycles. The molecule has 281 valence electrons. The topological polar surface area (TPSA) is 55.1 Å². The molecule has 0 saturated carbocycles. The molecule has 0 saturated heterocycles. The summed E-state index contributed by atoms with van der Waals surface area (Å²) in [4.78, 5) is 16.9. The van der Waals surface area contributed by atoms with E-state index in [-0.39, 0.29) is 55.6 Å². The maximum Gasteiger partial charge on any atom is 0.247 e. The van der Waals surface area contributed by atoms with Crippen molar-refractivity contribution in [2.24, 2.45) is 17.3 Å². The van der Waals surface area contributed by atoms with Gasteiger partial charge in [-0.05, 0) is 80.0 Å². The Labute approximate surface area is 333 Å². The van der Waals surface area contributed by atoms with Gasteiger partial charge < -0.3 is 9.67 Å². The van der Waals surface area contributed by atoms with Crippen LogP contribution in [0.3, 0.4) is 0 Å². The number of benzene rings is 4. The maximum absolute atomic E-state index is 11.7. The normalized spacial score (nSPS) is 12.5. The van der Waals surface area contributed by atoms with E-state index in [1.54, 1.807) is 0 Å². The minimum Gasteiger partial charge on any atom is -0.512 e. The smallest absolute Gasteiger partial charge is 0.247 e. The van der Waals surface area contributed by atoms with Crippen molar-refractivity contribution < 1.29 is 30.0 Å². The molecule has 0 aliphatic carbocycles. The first kappa shape index (κ1) is 42.0. The number of fused-ring (bicyclic) bond motifs is 2. The Morgan fingerprint density at radius 3 is 2.06 bits per heavy atom. The predicted octanol–water partition coefficient (Wildman–Crippen LogP) is 10.0. The molecule has 0 atom stereocenters. The third kappa shape index (κ3) is 9.15. The van der Waals surface area contributed by atoms with Gasteiger partial charge in [0.2, 0.25) is 6.71 Å². The molecule has 1 aliphatic heterocycles. The zero-order chi connectivity index (χ0) is 37.9. The van der Waals surface area contributed by atoms with Crippen molar-refractivity contribution in [1.29, 1.82) is 0 Å². The molecule has 4 nitrogen and oxygen atoms in total. The van der Waals surface area contributed by atoms with Gasteiger partial charge in [0.25, 0.3) is 0 Å². The van der Waals surface area contributed by atoms with Gasteiger partial charge in [-0.1, -0.05) is 121 Å². The first-order valence-corrected chi connectivity index (χ1v) is 19.4. The number of aromatic nitrogens is 2. The van der Waals surface area contributed by atoms with E-state index in [1.165, 1.54) is 55.9 Å². The summed E-state index contributed by atoms with van der Waals surface area (Å²) in [7, 11) is 0. The summed E-state index contributed by atoms with van der Waals surface area (Å²) in [6, 6.07) is 28.4. The zero-order valence-electron chi connectivity index (χ0n) is 33.8. The number of imidazole rings is 1. The molecule has 53 heavy (non-hydrogen) atoms. The standard InChI is InChI=1S/C34H34BN2.C13H24O2.Ir/c1-21-16-22(2)18-26(17-21)33-36-29-13-9-12-27-32(29)37(33)30-15-14-25(20-34(5,6)7)19-28(30)35(27)31-23(3)10-8-11-24(31)4;1-5-10(6-2)12(14)9-13(15)11(7-3)8-4;/h8-17,19H,20H2,1-7H3;9-11,14H,5-8H2,1-4H3;/q-1;;/b;12-9-;. The number of aliphatic hydroxyl groups excluding tert-OH is 1. The second-order valence-electron chi connectivity index (χ2n) is 16.1. The minimum absolute atomic E-state index is 0. The summed E-state index contributed by atoms with van der Waals surface area (Å²) in [6.07, 6.45) is 5.95. The van der Waals surface area contributed by atoms with Crippen LogP contribution in [0.25, 0.3) is 28.1 Å². The molecular formula is C47H58BIrN2O2-. The van der Waals surface area contributed by atoms with E-state index < -0.39 is 0 Å². The quantitative estimate of drug-likeness (QED) is 0.0646. The van der Waals surface area contributed by atoms with Gasteiger partial charge in [0.15, 0.2) is 5.78 Å². The third-order valence-electron chi connectivity index (χ3n) is 10.7. The number of para-hydroxylation sites is 1. The van der Waals surface area contributed by atoms with Crippen LogP contribution < -0.4 is 16.4 Å². The maximum atomic E-state index is 11.7. The third-order valence-corrected chi connectivity index (χ3v) is 10.7. The molecule has 6 heteroatoms. The van der Waals surface area contributed by atoms with Crippen LogP contribution >= 0.6 is 0 Å². The van der Waals surface area contributed by atoms with Crippen LogP contribution in [-0.2, 0) is 31.3 Å². The Bertz CT molecular complexity index is 2060. The van der Waals surface area contributed by atoms with Gasteiger partial charge in [-0.2, -0.15) is 0 Å². The average Bonchev–Trinajstić information content (AvgIpc) is 3.47. The predicted molar refractivity (Wildman–Crippen MR) is 222 cm³/mol. The Morgan fingerprint density at radius 2 is 1.47 bits per heavy atom. The van der Waals surface area contributed by atoms with Crippen LogP contribution in [0, 0.1) is 51.0 Å². The van der Waals surface area contributed by atoms with Gasteiger partial charge in [0.05, 0.1) is 22.6 Å². The molecule has 1 aliphatic rings. The minimum atomic E-state index is 0. The van der Waals surface area contributed by atoms with E-state index in [1.807, 2.05) is 27.7 Å². The SMILES string of the molecule is CCC(CC)C(=O)/C=C(\O)C(CC)CC.Cc1[c-]c(-c2nc3cccc4c3n2-c2ccc(CC(C)(C)C)cc2B4c2c(C)cccc2C)cc(C)c1.[Ir]. The number of aliphatic hydroxyl groups is 1. The fraction of sp³-hybridized carbons (Fsp3) is 0.404. The second kappa shape index (κ2) is 17.6. The first-order valence-electron chi connectivity index (χ1n) is 19.4. The first-order chi connectivity index (χ1) is 24.7. The summed E-state index contributed by atoms with van der Waals surface area (Å²) >= 11 is 0. The van der Waals surface area contributed by atoms with E-state index in [0.717, 1.165) is 54.6 Å². The summed E-state index contributed by atoms with van der Waals surface area (Å²) in [5, 5.41) is 9.76. The number of carbonyl (C=O) groups excluding carboxylic acids is 1. The Hall–Kier alpha value is -3.73. The Morgan fingerprint density at radius 1 is 0.849 bits per heavy atom. The largest absolute Gasteiger partial charge is 0.512 e. The fourth-order valence-electron chi connectivity index (χ4n) is 8.12.